The summed E-state index contributed by atoms with van der Waals surface area (Å²) in [5, 5.41) is 13.1. The molecule has 0 aromatic heterocycles. The Morgan fingerprint density at radius 2 is 2.30 bits per heavy atom. The maximum atomic E-state index is 8.95. The lowest BCUT2D eigenvalue weighted by Crippen LogP contribution is -2.26. The zero-order valence-electron chi connectivity index (χ0n) is 12.0. The lowest BCUT2D eigenvalue weighted by molar-refractivity contribution is -0.0121. The van der Waals surface area contributed by atoms with Crippen LogP contribution in [0, 0.1) is 17.2 Å². The van der Waals surface area contributed by atoms with Crippen molar-refractivity contribution in [1.29, 1.82) is 5.26 Å². The predicted octanol–water partition coefficient (Wildman–Crippen LogP) is 3.11. The molecule has 0 aliphatic carbocycles. The smallest absolute Gasteiger partial charge is 0.158 e. The summed E-state index contributed by atoms with van der Waals surface area (Å²) in [6.07, 6.45) is 2.16. The molecule has 4 nitrogen and oxygen atoms in total. The van der Waals surface area contributed by atoms with E-state index in [4.69, 9.17) is 14.8 Å². The van der Waals surface area contributed by atoms with E-state index in [0.717, 1.165) is 30.7 Å². The molecule has 1 aromatic carbocycles. The molecule has 1 aliphatic rings. The van der Waals surface area contributed by atoms with Gasteiger partial charge in [0.05, 0.1) is 24.0 Å². The fourth-order valence-electron chi connectivity index (χ4n) is 2.16. The molecule has 0 saturated carbocycles. The number of ether oxygens (including phenoxy) is 1. The molecule has 0 saturated heterocycles. The number of nitriles is 1. The molecule has 1 aromatic rings. The lowest BCUT2D eigenvalue weighted by atomic mass is 9.94. The second-order valence-electron chi connectivity index (χ2n) is 5.03. The Labute approximate surface area is 120 Å². The molecule has 106 valence electrons. The molecule has 0 bridgehead atoms. The summed E-state index contributed by atoms with van der Waals surface area (Å²) >= 11 is 0. The lowest BCUT2D eigenvalue weighted by Gasteiger charge is -2.14. The molecule has 2 rings (SSSR count). The van der Waals surface area contributed by atoms with Gasteiger partial charge in [-0.2, -0.15) is 5.26 Å². The number of hydrogen-bond acceptors (Lipinski definition) is 4. The van der Waals surface area contributed by atoms with Gasteiger partial charge in [-0.1, -0.05) is 37.6 Å². The van der Waals surface area contributed by atoms with Crippen molar-refractivity contribution >= 4 is 5.71 Å². The molecule has 1 aliphatic heterocycles. The normalized spacial score (nSPS) is 21.1. The number of nitrogens with zero attached hydrogens (tertiary/aromatic N) is 2. The SMILES string of the molecule is CCCCOCC1ON=C(c2cccc(C#N)c2)C1C. The first-order chi connectivity index (χ1) is 9.76. The summed E-state index contributed by atoms with van der Waals surface area (Å²) in [5.74, 6) is 0.172. The number of hydrogen-bond donors (Lipinski definition) is 0. The van der Waals surface area contributed by atoms with Crippen molar-refractivity contribution in [2.75, 3.05) is 13.2 Å². The molecule has 2 atom stereocenters. The molecule has 0 radical (unpaired) electrons. The van der Waals surface area contributed by atoms with Crippen LogP contribution in [0.15, 0.2) is 29.4 Å². The molecular weight excluding hydrogens is 252 g/mol. The van der Waals surface area contributed by atoms with E-state index < -0.39 is 0 Å². The van der Waals surface area contributed by atoms with E-state index >= 15 is 0 Å². The number of unbranched alkanes of at least 4 members (excludes halogenated alkanes) is 1. The van der Waals surface area contributed by atoms with Crippen molar-refractivity contribution in [2.45, 2.75) is 32.8 Å². The van der Waals surface area contributed by atoms with Crippen LogP contribution in [0.3, 0.4) is 0 Å². The Bertz CT molecular complexity index is 519. The highest BCUT2D eigenvalue weighted by Crippen LogP contribution is 2.23. The zero-order valence-corrected chi connectivity index (χ0v) is 12.0. The topological polar surface area (TPSA) is 54.6 Å². The van der Waals surface area contributed by atoms with E-state index in [2.05, 4.69) is 25.1 Å². The van der Waals surface area contributed by atoms with E-state index in [1.165, 1.54) is 0 Å². The minimum atomic E-state index is -0.0346. The summed E-state index contributed by atoms with van der Waals surface area (Å²) in [4.78, 5) is 5.47. The molecule has 0 N–H and O–H groups in total. The van der Waals surface area contributed by atoms with E-state index in [-0.39, 0.29) is 12.0 Å². The molecule has 0 fully saturated rings. The van der Waals surface area contributed by atoms with E-state index in [0.29, 0.717) is 12.2 Å². The summed E-state index contributed by atoms with van der Waals surface area (Å²) in [6.45, 7) is 5.55. The van der Waals surface area contributed by atoms with E-state index in [1.807, 2.05) is 18.2 Å². The summed E-state index contributed by atoms with van der Waals surface area (Å²) in [5.41, 5.74) is 2.49. The van der Waals surface area contributed by atoms with Crippen LogP contribution < -0.4 is 0 Å². The average molecular weight is 272 g/mol. The minimum absolute atomic E-state index is 0.0346. The van der Waals surface area contributed by atoms with Crippen LogP contribution in [0.4, 0.5) is 0 Å². The van der Waals surface area contributed by atoms with Crippen molar-refractivity contribution in [3.05, 3.63) is 35.4 Å². The maximum absolute atomic E-state index is 8.95. The molecule has 20 heavy (non-hydrogen) atoms. The van der Waals surface area contributed by atoms with Gasteiger partial charge < -0.3 is 9.57 Å². The van der Waals surface area contributed by atoms with Gasteiger partial charge in [-0.15, -0.1) is 0 Å². The highest BCUT2D eigenvalue weighted by atomic mass is 16.7. The second kappa shape index (κ2) is 7.06. The van der Waals surface area contributed by atoms with Gasteiger partial charge in [0, 0.05) is 18.1 Å². The van der Waals surface area contributed by atoms with Gasteiger partial charge in [0.25, 0.3) is 0 Å². The highest BCUT2D eigenvalue weighted by Gasteiger charge is 2.31. The van der Waals surface area contributed by atoms with Crippen molar-refractivity contribution in [1.82, 2.24) is 0 Å². The van der Waals surface area contributed by atoms with Crippen LogP contribution in [0.1, 0.15) is 37.8 Å². The maximum Gasteiger partial charge on any atom is 0.158 e. The third-order valence-corrected chi connectivity index (χ3v) is 3.49. The molecule has 1 heterocycles. The zero-order chi connectivity index (χ0) is 14.4. The minimum Gasteiger partial charge on any atom is -0.389 e. The quantitative estimate of drug-likeness (QED) is 0.748. The van der Waals surface area contributed by atoms with Gasteiger partial charge in [-0.3, -0.25) is 0 Å². The van der Waals surface area contributed by atoms with Gasteiger partial charge in [0.2, 0.25) is 0 Å². The highest BCUT2D eigenvalue weighted by molar-refractivity contribution is 6.03. The third kappa shape index (κ3) is 3.37. The van der Waals surface area contributed by atoms with Crippen LogP contribution in [-0.2, 0) is 9.57 Å². The Hall–Kier alpha value is -1.86. The monoisotopic (exact) mass is 272 g/mol. The molecule has 2 unspecified atom stereocenters. The molecule has 0 spiro atoms. The molecule has 4 heteroatoms. The van der Waals surface area contributed by atoms with Gasteiger partial charge >= 0.3 is 0 Å². The van der Waals surface area contributed by atoms with E-state index in [1.54, 1.807) is 6.07 Å². The first-order valence-corrected chi connectivity index (χ1v) is 7.08. The van der Waals surface area contributed by atoms with Crippen LogP contribution in [0.25, 0.3) is 0 Å². The Morgan fingerprint density at radius 3 is 3.05 bits per heavy atom. The first-order valence-electron chi connectivity index (χ1n) is 7.08. The Balaban J connectivity index is 1.96. The average Bonchev–Trinajstić information content (AvgIpc) is 2.85. The van der Waals surface area contributed by atoms with Crippen molar-refractivity contribution in [3.8, 4) is 6.07 Å². The third-order valence-electron chi connectivity index (χ3n) is 3.49. The standard InChI is InChI=1S/C16H20N2O2/c1-3-4-8-19-11-15-12(2)16(18-20-15)14-7-5-6-13(9-14)10-17/h5-7,9,12,15H,3-4,8,11H2,1-2H3. The number of oxime groups is 1. The fourth-order valence-corrected chi connectivity index (χ4v) is 2.16. The molecular formula is C16H20N2O2. The molecule has 0 amide bonds. The Morgan fingerprint density at radius 1 is 1.45 bits per heavy atom. The van der Waals surface area contributed by atoms with Gasteiger partial charge in [-0.25, -0.2) is 0 Å². The fraction of sp³-hybridized carbons (Fsp3) is 0.500. The van der Waals surface area contributed by atoms with Crippen molar-refractivity contribution in [2.24, 2.45) is 11.1 Å². The van der Waals surface area contributed by atoms with Gasteiger partial charge in [0.15, 0.2) is 6.10 Å². The summed E-state index contributed by atoms with van der Waals surface area (Å²) in [6, 6.07) is 9.61. The number of benzene rings is 1. The van der Waals surface area contributed by atoms with Crippen LogP contribution in [-0.4, -0.2) is 25.0 Å². The van der Waals surface area contributed by atoms with Gasteiger partial charge in [-0.05, 0) is 18.6 Å². The summed E-state index contributed by atoms with van der Waals surface area (Å²) in [7, 11) is 0. The summed E-state index contributed by atoms with van der Waals surface area (Å²) < 4.78 is 5.61. The first kappa shape index (κ1) is 14.5. The largest absolute Gasteiger partial charge is 0.389 e. The van der Waals surface area contributed by atoms with Gasteiger partial charge in [0.1, 0.15) is 0 Å². The van der Waals surface area contributed by atoms with Crippen molar-refractivity contribution < 1.29 is 9.57 Å². The van der Waals surface area contributed by atoms with Crippen LogP contribution in [0.2, 0.25) is 0 Å². The Kier molecular flexibility index (Phi) is 5.14. The van der Waals surface area contributed by atoms with Crippen molar-refractivity contribution in [3.63, 3.8) is 0 Å². The number of rotatable bonds is 6. The predicted molar refractivity (Wildman–Crippen MR) is 77.5 cm³/mol. The second-order valence-corrected chi connectivity index (χ2v) is 5.03. The van der Waals surface area contributed by atoms with Crippen LogP contribution >= 0.6 is 0 Å². The van der Waals surface area contributed by atoms with E-state index in [9.17, 15) is 0 Å². The van der Waals surface area contributed by atoms with Crippen LogP contribution in [0.5, 0.6) is 0 Å².